The summed E-state index contributed by atoms with van der Waals surface area (Å²) in [4.78, 5) is 26.2. The molecule has 2 N–H and O–H groups in total. The van der Waals surface area contributed by atoms with Crippen molar-refractivity contribution in [2.45, 2.75) is 24.8 Å². The van der Waals surface area contributed by atoms with Gasteiger partial charge in [0.25, 0.3) is 0 Å². The molecule has 1 saturated heterocycles. The molecule has 108 valence electrons. The van der Waals surface area contributed by atoms with E-state index in [0.717, 1.165) is 5.56 Å². The molecule has 2 unspecified atom stereocenters. The van der Waals surface area contributed by atoms with Crippen molar-refractivity contribution in [2.24, 2.45) is 5.73 Å². The minimum absolute atomic E-state index is 0.177. The number of methoxy groups -OCH3 is 1. The van der Waals surface area contributed by atoms with E-state index >= 15 is 0 Å². The third-order valence-electron chi connectivity index (χ3n) is 3.87. The number of ether oxygens (including phenoxy) is 1. The summed E-state index contributed by atoms with van der Waals surface area (Å²) in [7, 11) is 1.53. The van der Waals surface area contributed by atoms with E-state index < -0.39 is 11.5 Å². The summed E-state index contributed by atoms with van der Waals surface area (Å²) >= 11 is 0. The molecular formula is C15H20N2O3. The van der Waals surface area contributed by atoms with Gasteiger partial charge in [-0.3, -0.25) is 14.5 Å². The fourth-order valence-electron chi connectivity index (χ4n) is 2.68. The average molecular weight is 276 g/mol. The summed E-state index contributed by atoms with van der Waals surface area (Å²) in [5.41, 5.74) is 5.71. The van der Waals surface area contributed by atoms with Crippen molar-refractivity contribution in [3.05, 3.63) is 35.9 Å². The lowest BCUT2D eigenvalue weighted by molar-refractivity contribution is -0.143. The van der Waals surface area contributed by atoms with E-state index in [1.165, 1.54) is 12.0 Å². The summed E-state index contributed by atoms with van der Waals surface area (Å²) in [6, 6.07) is 8.99. The highest BCUT2D eigenvalue weighted by atomic mass is 16.5. The van der Waals surface area contributed by atoms with E-state index in [4.69, 9.17) is 10.5 Å². The normalized spacial score (nSPS) is 24.2. The monoisotopic (exact) mass is 276 g/mol. The number of amides is 2. The van der Waals surface area contributed by atoms with Crippen LogP contribution in [-0.4, -0.2) is 43.0 Å². The number of imide groups is 1. The molecule has 2 rings (SSSR count). The molecule has 0 radical (unpaired) electrons. The number of hydrogen-bond acceptors (Lipinski definition) is 4. The number of hydrogen-bond donors (Lipinski definition) is 1. The van der Waals surface area contributed by atoms with Gasteiger partial charge in [-0.15, -0.1) is 0 Å². The van der Waals surface area contributed by atoms with Crippen molar-refractivity contribution in [3.8, 4) is 0 Å². The quantitative estimate of drug-likeness (QED) is 0.803. The van der Waals surface area contributed by atoms with Crippen LogP contribution < -0.4 is 5.73 Å². The minimum Gasteiger partial charge on any atom is -0.382 e. The Balaban J connectivity index is 2.33. The first kappa shape index (κ1) is 14.7. The molecule has 2 atom stereocenters. The summed E-state index contributed by atoms with van der Waals surface area (Å²) in [5.74, 6) is -0.380. The molecule has 5 nitrogen and oxygen atoms in total. The van der Waals surface area contributed by atoms with Crippen LogP contribution in [0.3, 0.4) is 0 Å². The second kappa shape index (κ2) is 5.73. The highest BCUT2D eigenvalue weighted by molar-refractivity contribution is 6.09. The lowest BCUT2D eigenvalue weighted by Crippen LogP contribution is -2.48. The molecule has 1 fully saturated rings. The zero-order valence-electron chi connectivity index (χ0n) is 11.8. The zero-order valence-corrected chi connectivity index (χ0v) is 11.8. The number of nitrogens with zero attached hydrogens (tertiary/aromatic N) is 1. The van der Waals surface area contributed by atoms with E-state index in [-0.39, 0.29) is 31.4 Å². The van der Waals surface area contributed by atoms with Crippen molar-refractivity contribution < 1.29 is 14.3 Å². The molecule has 0 aromatic heterocycles. The van der Waals surface area contributed by atoms with Gasteiger partial charge in [0.1, 0.15) is 0 Å². The molecule has 1 aromatic carbocycles. The Bertz CT molecular complexity index is 503. The van der Waals surface area contributed by atoms with Gasteiger partial charge in [0.15, 0.2) is 0 Å². The van der Waals surface area contributed by atoms with E-state index in [1.807, 2.05) is 37.3 Å². The van der Waals surface area contributed by atoms with Crippen molar-refractivity contribution in [2.75, 3.05) is 20.3 Å². The smallest absolute Gasteiger partial charge is 0.240 e. The van der Waals surface area contributed by atoms with Crippen LogP contribution in [0.5, 0.6) is 0 Å². The maximum atomic E-state index is 12.7. The zero-order chi connectivity index (χ0) is 14.8. The number of nitrogens with two attached hydrogens (primary N) is 1. The van der Waals surface area contributed by atoms with Gasteiger partial charge in [0.05, 0.1) is 18.1 Å². The Labute approximate surface area is 118 Å². The predicted octanol–water partition coefficient (Wildman–Crippen LogP) is 0.677. The molecule has 1 heterocycles. The lowest BCUT2D eigenvalue weighted by Gasteiger charge is -2.27. The maximum Gasteiger partial charge on any atom is 0.240 e. The van der Waals surface area contributed by atoms with Gasteiger partial charge in [0.2, 0.25) is 11.8 Å². The first-order valence-electron chi connectivity index (χ1n) is 6.65. The average Bonchev–Trinajstić information content (AvgIpc) is 2.69. The summed E-state index contributed by atoms with van der Waals surface area (Å²) < 4.78 is 5.05. The standard InChI is InChI=1S/C15H20N2O3/c1-15(11-6-4-3-5-7-11)8-13(18)17(14(15)19)12(9-16)10-20-2/h3-7,12H,8-10,16H2,1-2H3. The van der Waals surface area contributed by atoms with Crippen LogP contribution in [-0.2, 0) is 19.7 Å². The molecule has 0 bridgehead atoms. The Morgan fingerprint density at radius 3 is 2.55 bits per heavy atom. The van der Waals surface area contributed by atoms with Crippen LogP contribution in [0.25, 0.3) is 0 Å². The fraction of sp³-hybridized carbons (Fsp3) is 0.467. The maximum absolute atomic E-state index is 12.7. The molecule has 20 heavy (non-hydrogen) atoms. The highest BCUT2D eigenvalue weighted by Crippen LogP contribution is 2.37. The first-order valence-corrected chi connectivity index (χ1v) is 6.65. The second-order valence-corrected chi connectivity index (χ2v) is 5.29. The van der Waals surface area contributed by atoms with Gasteiger partial charge in [0, 0.05) is 20.1 Å². The number of likely N-dealkylation sites (tertiary alicyclic amines) is 1. The van der Waals surface area contributed by atoms with E-state index in [1.54, 1.807) is 0 Å². The number of carbonyl (C=O) groups is 2. The van der Waals surface area contributed by atoms with Gasteiger partial charge in [-0.05, 0) is 12.5 Å². The molecule has 2 amide bonds. The van der Waals surface area contributed by atoms with Crippen LogP contribution >= 0.6 is 0 Å². The SMILES string of the molecule is COCC(CN)N1C(=O)CC(C)(c2ccccc2)C1=O. The van der Waals surface area contributed by atoms with Gasteiger partial charge in [-0.25, -0.2) is 0 Å². The summed E-state index contributed by atoms with van der Waals surface area (Å²) in [6.45, 7) is 2.28. The van der Waals surface area contributed by atoms with Crippen LogP contribution in [0, 0.1) is 0 Å². The van der Waals surface area contributed by atoms with Gasteiger partial charge >= 0.3 is 0 Å². The number of benzene rings is 1. The second-order valence-electron chi connectivity index (χ2n) is 5.29. The number of carbonyl (C=O) groups excluding carboxylic acids is 2. The highest BCUT2D eigenvalue weighted by Gasteiger charge is 2.51. The number of rotatable bonds is 5. The third-order valence-corrected chi connectivity index (χ3v) is 3.87. The third kappa shape index (κ3) is 2.34. The van der Waals surface area contributed by atoms with E-state index in [2.05, 4.69) is 0 Å². The fourth-order valence-corrected chi connectivity index (χ4v) is 2.68. The minimum atomic E-state index is -0.806. The Kier molecular flexibility index (Phi) is 4.20. The summed E-state index contributed by atoms with van der Waals surface area (Å²) in [6.07, 6.45) is 0.177. The Hall–Kier alpha value is -1.72. The molecule has 1 aliphatic heterocycles. The molecule has 0 spiro atoms. The van der Waals surface area contributed by atoms with Crippen molar-refractivity contribution in [3.63, 3.8) is 0 Å². The van der Waals surface area contributed by atoms with Gasteiger partial charge < -0.3 is 10.5 Å². The molecule has 0 aliphatic carbocycles. The van der Waals surface area contributed by atoms with Crippen LogP contribution in [0.15, 0.2) is 30.3 Å². The first-order chi connectivity index (χ1) is 9.54. The summed E-state index contributed by atoms with van der Waals surface area (Å²) in [5, 5.41) is 0. The molecule has 5 heteroatoms. The van der Waals surface area contributed by atoms with Crippen molar-refractivity contribution in [1.82, 2.24) is 4.90 Å². The molecular weight excluding hydrogens is 256 g/mol. The Morgan fingerprint density at radius 1 is 1.35 bits per heavy atom. The van der Waals surface area contributed by atoms with Crippen molar-refractivity contribution >= 4 is 11.8 Å². The topological polar surface area (TPSA) is 72.6 Å². The Morgan fingerprint density at radius 2 is 2.00 bits per heavy atom. The van der Waals surface area contributed by atoms with Gasteiger partial charge in [-0.1, -0.05) is 30.3 Å². The molecule has 0 saturated carbocycles. The molecule has 1 aliphatic rings. The molecule has 1 aromatic rings. The van der Waals surface area contributed by atoms with Crippen LogP contribution in [0.4, 0.5) is 0 Å². The van der Waals surface area contributed by atoms with E-state index in [9.17, 15) is 9.59 Å². The largest absolute Gasteiger partial charge is 0.382 e. The van der Waals surface area contributed by atoms with E-state index in [0.29, 0.717) is 0 Å². The van der Waals surface area contributed by atoms with Crippen LogP contribution in [0.1, 0.15) is 18.9 Å². The van der Waals surface area contributed by atoms with Crippen LogP contribution in [0.2, 0.25) is 0 Å². The van der Waals surface area contributed by atoms with Gasteiger partial charge in [-0.2, -0.15) is 0 Å². The lowest BCUT2D eigenvalue weighted by atomic mass is 9.81. The van der Waals surface area contributed by atoms with Crippen molar-refractivity contribution in [1.29, 1.82) is 0 Å². The predicted molar refractivity (Wildman–Crippen MR) is 75.0 cm³/mol.